The van der Waals surface area contributed by atoms with Crippen molar-refractivity contribution in [2.45, 2.75) is 25.2 Å². The van der Waals surface area contributed by atoms with Crippen LogP contribution in [0.2, 0.25) is 0 Å². The Labute approximate surface area is 107 Å². The van der Waals surface area contributed by atoms with Crippen LogP contribution in [0.5, 0.6) is 0 Å². The number of hydrogen-bond donors (Lipinski definition) is 0. The summed E-state index contributed by atoms with van der Waals surface area (Å²) < 4.78 is 5.16. The predicted octanol–water partition coefficient (Wildman–Crippen LogP) is 3.44. The third-order valence-corrected chi connectivity index (χ3v) is 3.21. The summed E-state index contributed by atoms with van der Waals surface area (Å²) >= 11 is 3.54. The van der Waals surface area contributed by atoms with E-state index in [1.165, 1.54) is 11.3 Å². The summed E-state index contributed by atoms with van der Waals surface area (Å²) in [5, 5.41) is 0.888. The molecule has 0 spiro atoms. The number of ether oxygens (including phenoxy) is 1. The van der Waals surface area contributed by atoms with Crippen molar-refractivity contribution >= 4 is 21.6 Å². The molecule has 16 heavy (non-hydrogen) atoms. The summed E-state index contributed by atoms with van der Waals surface area (Å²) in [7, 11) is 1.74. The molecule has 0 amide bonds. The first-order valence-corrected chi connectivity index (χ1v) is 6.72. The smallest absolute Gasteiger partial charge is 0.0637 e. The van der Waals surface area contributed by atoms with Crippen LogP contribution >= 0.6 is 15.9 Å². The minimum atomic E-state index is 0.482. The van der Waals surface area contributed by atoms with Gasteiger partial charge in [-0.1, -0.05) is 34.1 Å². The molecule has 0 saturated carbocycles. The van der Waals surface area contributed by atoms with E-state index in [1.54, 1.807) is 7.11 Å². The minimum absolute atomic E-state index is 0.482. The molecule has 1 rings (SSSR count). The fraction of sp³-hybridized carbons (Fsp3) is 0.538. The van der Waals surface area contributed by atoms with E-state index >= 15 is 0 Å². The van der Waals surface area contributed by atoms with Gasteiger partial charge in [-0.3, -0.25) is 0 Å². The Bertz CT molecular complexity index is 315. The van der Waals surface area contributed by atoms with Gasteiger partial charge in [0.2, 0.25) is 0 Å². The van der Waals surface area contributed by atoms with E-state index in [9.17, 15) is 0 Å². The van der Waals surface area contributed by atoms with Crippen molar-refractivity contribution in [3.8, 4) is 0 Å². The van der Waals surface area contributed by atoms with Gasteiger partial charge >= 0.3 is 0 Å². The van der Waals surface area contributed by atoms with Gasteiger partial charge in [0.15, 0.2) is 0 Å². The van der Waals surface area contributed by atoms with Crippen molar-refractivity contribution in [3.63, 3.8) is 0 Å². The second-order valence-electron chi connectivity index (χ2n) is 4.04. The Balaban J connectivity index is 2.91. The topological polar surface area (TPSA) is 12.5 Å². The van der Waals surface area contributed by atoms with Gasteiger partial charge in [-0.25, -0.2) is 0 Å². The quantitative estimate of drug-likeness (QED) is 0.743. The van der Waals surface area contributed by atoms with Crippen LogP contribution in [-0.2, 0) is 10.1 Å². The van der Waals surface area contributed by atoms with Crippen molar-refractivity contribution in [3.05, 3.63) is 29.8 Å². The second kappa shape index (κ2) is 6.92. The first-order valence-electron chi connectivity index (χ1n) is 5.60. The lowest BCUT2D eigenvalue weighted by Crippen LogP contribution is -2.34. The molecule has 0 aliphatic carbocycles. The molecule has 3 heteroatoms. The Morgan fingerprint density at radius 2 is 2.00 bits per heavy atom. The summed E-state index contributed by atoms with van der Waals surface area (Å²) in [4.78, 5) is 2.38. The fourth-order valence-corrected chi connectivity index (χ4v) is 2.22. The third-order valence-electron chi connectivity index (χ3n) is 2.60. The fourth-order valence-electron chi connectivity index (χ4n) is 1.75. The molecule has 0 N–H and O–H groups in total. The number of anilines is 1. The SMILES string of the molecule is COCCN(c1ccccc1CBr)C(C)C. The van der Waals surface area contributed by atoms with Crippen molar-refractivity contribution in [1.29, 1.82) is 0 Å². The van der Waals surface area contributed by atoms with Crippen LogP contribution in [0.3, 0.4) is 0 Å². The van der Waals surface area contributed by atoms with E-state index in [-0.39, 0.29) is 0 Å². The number of halogens is 1. The average Bonchev–Trinajstić information content (AvgIpc) is 2.29. The van der Waals surface area contributed by atoms with Gasteiger partial charge in [-0.15, -0.1) is 0 Å². The first kappa shape index (κ1) is 13.5. The molecule has 0 heterocycles. The van der Waals surface area contributed by atoms with Gasteiger partial charge in [-0.2, -0.15) is 0 Å². The zero-order valence-corrected chi connectivity index (χ0v) is 11.8. The van der Waals surface area contributed by atoms with Crippen molar-refractivity contribution < 1.29 is 4.74 Å². The lowest BCUT2D eigenvalue weighted by atomic mass is 10.1. The highest BCUT2D eigenvalue weighted by Crippen LogP contribution is 2.24. The van der Waals surface area contributed by atoms with Gasteiger partial charge in [-0.05, 0) is 25.5 Å². The average molecular weight is 286 g/mol. The van der Waals surface area contributed by atoms with Crippen molar-refractivity contribution in [1.82, 2.24) is 0 Å². The van der Waals surface area contributed by atoms with E-state index in [0.29, 0.717) is 6.04 Å². The number of benzene rings is 1. The third kappa shape index (κ3) is 3.49. The van der Waals surface area contributed by atoms with Crippen LogP contribution < -0.4 is 4.90 Å². The van der Waals surface area contributed by atoms with E-state index in [1.807, 2.05) is 0 Å². The highest BCUT2D eigenvalue weighted by atomic mass is 79.9. The van der Waals surface area contributed by atoms with Gasteiger partial charge in [0.05, 0.1) is 6.61 Å². The first-order chi connectivity index (χ1) is 7.70. The molecule has 0 aliphatic heterocycles. The normalized spacial score (nSPS) is 10.8. The summed E-state index contributed by atoms with van der Waals surface area (Å²) in [5.74, 6) is 0. The summed E-state index contributed by atoms with van der Waals surface area (Å²) in [6.07, 6.45) is 0. The summed E-state index contributed by atoms with van der Waals surface area (Å²) in [6.45, 7) is 6.11. The molecular weight excluding hydrogens is 266 g/mol. The molecule has 0 bridgehead atoms. The van der Waals surface area contributed by atoms with Crippen LogP contribution in [0.4, 0.5) is 5.69 Å². The Hall–Kier alpha value is -0.540. The molecule has 0 atom stereocenters. The molecule has 0 radical (unpaired) electrons. The predicted molar refractivity (Wildman–Crippen MR) is 73.4 cm³/mol. The maximum absolute atomic E-state index is 5.16. The molecular formula is C13H20BrNO. The molecule has 1 aromatic rings. The largest absolute Gasteiger partial charge is 0.383 e. The molecule has 0 unspecified atom stereocenters. The van der Waals surface area contributed by atoms with Crippen LogP contribution in [0.25, 0.3) is 0 Å². The highest BCUT2D eigenvalue weighted by molar-refractivity contribution is 9.08. The molecule has 2 nitrogen and oxygen atoms in total. The standard InChI is InChI=1S/C13H20BrNO/c1-11(2)15(8-9-16-3)13-7-5-4-6-12(13)10-14/h4-7,11H,8-10H2,1-3H3. The number of rotatable bonds is 6. The summed E-state index contributed by atoms with van der Waals surface area (Å²) in [6, 6.07) is 8.98. The van der Waals surface area contributed by atoms with E-state index in [0.717, 1.165) is 18.5 Å². The Kier molecular flexibility index (Phi) is 5.85. The maximum Gasteiger partial charge on any atom is 0.0637 e. The number of methoxy groups -OCH3 is 1. The van der Waals surface area contributed by atoms with Crippen LogP contribution in [0.15, 0.2) is 24.3 Å². The number of hydrogen-bond acceptors (Lipinski definition) is 2. The number of alkyl halides is 1. The molecule has 1 aromatic carbocycles. The monoisotopic (exact) mass is 285 g/mol. The van der Waals surface area contributed by atoms with Gasteiger partial charge in [0.1, 0.15) is 0 Å². The Morgan fingerprint density at radius 1 is 1.31 bits per heavy atom. The molecule has 0 saturated heterocycles. The van der Waals surface area contributed by atoms with Gasteiger partial charge in [0.25, 0.3) is 0 Å². The molecule has 0 aromatic heterocycles. The van der Waals surface area contributed by atoms with E-state index in [2.05, 4.69) is 58.9 Å². The molecule has 0 aliphatic rings. The van der Waals surface area contributed by atoms with Gasteiger partial charge in [0, 0.05) is 30.7 Å². The van der Waals surface area contributed by atoms with Crippen LogP contribution in [-0.4, -0.2) is 26.3 Å². The van der Waals surface area contributed by atoms with Crippen LogP contribution in [0.1, 0.15) is 19.4 Å². The lowest BCUT2D eigenvalue weighted by Gasteiger charge is -2.30. The summed E-state index contributed by atoms with van der Waals surface area (Å²) in [5.41, 5.74) is 2.62. The van der Waals surface area contributed by atoms with E-state index in [4.69, 9.17) is 4.74 Å². The maximum atomic E-state index is 5.16. The zero-order chi connectivity index (χ0) is 12.0. The van der Waals surface area contributed by atoms with E-state index < -0.39 is 0 Å². The number of nitrogens with zero attached hydrogens (tertiary/aromatic N) is 1. The molecule has 0 fully saturated rings. The number of para-hydroxylation sites is 1. The molecule has 90 valence electrons. The highest BCUT2D eigenvalue weighted by Gasteiger charge is 2.12. The van der Waals surface area contributed by atoms with Crippen LogP contribution in [0, 0.1) is 0 Å². The lowest BCUT2D eigenvalue weighted by molar-refractivity contribution is 0.204. The minimum Gasteiger partial charge on any atom is -0.383 e. The Morgan fingerprint density at radius 3 is 2.56 bits per heavy atom. The second-order valence-corrected chi connectivity index (χ2v) is 4.60. The van der Waals surface area contributed by atoms with Crippen molar-refractivity contribution in [2.24, 2.45) is 0 Å². The van der Waals surface area contributed by atoms with Crippen molar-refractivity contribution in [2.75, 3.05) is 25.2 Å². The van der Waals surface area contributed by atoms with Gasteiger partial charge < -0.3 is 9.64 Å². The zero-order valence-electron chi connectivity index (χ0n) is 10.2.